The molecule has 0 aliphatic carbocycles. The Kier molecular flexibility index (Phi) is 6.68. The van der Waals surface area contributed by atoms with Crippen molar-refractivity contribution >= 4 is 11.9 Å². The number of rotatable bonds is 6. The van der Waals surface area contributed by atoms with Gasteiger partial charge in [-0.2, -0.15) is 0 Å². The van der Waals surface area contributed by atoms with Crippen molar-refractivity contribution in [2.75, 3.05) is 20.1 Å². The second kappa shape index (κ2) is 9.39. The average Bonchev–Trinajstić information content (AvgIpc) is 3.15. The van der Waals surface area contributed by atoms with E-state index in [1.54, 1.807) is 7.05 Å². The fourth-order valence-electron chi connectivity index (χ4n) is 3.51. The van der Waals surface area contributed by atoms with Crippen molar-refractivity contribution in [2.24, 2.45) is 4.99 Å². The summed E-state index contributed by atoms with van der Waals surface area (Å²) >= 11 is 0. The molecule has 1 aliphatic rings. The van der Waals surface area contributed by atoms with E-state index in [0.717, 1.165) is 42.8 Å². The van der Waals surface area contributed by atoms with Crippen LogP contribution >= 0.6 is 0 Å². The number of hydrogen-bond donors (Lipinski definition) is 2. The summed E-state index contributed by atoms with van der Waals surface area (Å²) in [6.07, 6.45) is 2.52. The molecule has 0 unspecified atom stereocenters. The highest BCUT2D eigenvalue weighted by atomic mass is 16.5. The Morgan fingerprint density at radius 1 is 1.21 bits per heavy atom. The maximum atomic E-state index is 12.6. The van der Waals surface area contributed by atoms with Gasteiger partial charge in [0.25, 0.3) is 0 Å². The molecule has 150 valence electrons. The van der Waals surface area contributed by atoms with Gasteiger partial charge in [-0.15, -0.1) is 0 Å². The van der Waals surface area contributed by atoms with Crippen LogP contribution in [0.5, 0.6) is 0 Å². The summed E-state index contributed by atoms with van der Waals surface area (Å²) in [6, 6.07) is 8.31. The maximum Gasteiger partial charge on any atom is 0.242 e. The van der Waals surface area contributed by atoms with Crippen LogP contribution in [0, 0.1) is 0 Å². The van der Waals surface area contributed by atoms with Gasteiger partial charge in [-0.3, -0.25) is 9.79 Å². The molecule has 0 saturated carbocycles. The van der Waals surface area contributed by atoms with Crippen molar-refractivity contribution in [3.8, 4) is 0 Å². The summed E-state index contributed by atoms with van der Waals surface area (Å²) in [5.41, 5.74) is 4.61. The summed E-state index contributed by atoms with van der Waals surface area (Å²) < 4.78 is 5.40. The number of guanidine groups is 1. The predicted molar refractivity (Wildman–Crippen MR) is 109 cm³/mol. The normalized spacial score (nSPS) is 14.0. The van der Waals surface area contributed by atoms with Gasteiger partial charge in [0.2, 0.25) is 5.91 Å². The predicted octanol–water partition coefficient (Wildman–Crippen LogP) is 2.05. The molecule has 0 radical (unpaired) electrons. The molecule has 0 atom stereocenters. The topological polar surface area (TPSA) is 82.8 Å². The van der Waals surface area contributed by atoms with Crippen molar-refractivity contribution in [3.05, 3.63) is 52.4 Å². The first-order valence-corrected chi connectivity index (χ1v) is 9.91. The van der Waals surface area contributed by atoms with Crippen molar-refractivity contribution in [1.82, 2.24) is 20.7 Å². The van der Waals surface area contributed by atoms with Gasteiger partial charge >= 0.3 is 0 Å². The minimum absolute atomic E-state index is 0.0749. The van der Waals surface area contributed by atoms with Gasteiger partial charge in [-0.25, -0.2) is 0 Å². The van der Waals surface area contributed by atoms with Crippen LogP contribution in [0.15, 0.2) is 33.8 Å². The molecule has 1 aliphatic heterocycles. The molecule has 0 spiro atoms. The monoisotopic (exact) mass is 383 g/mol. The highest BCUT2D eigenvalue weighted by Crippen LogP contribution is 2.18. The second-order valence-corrected chi connectivity index (χ2v) is 6.85. The molecule has 1 aromatic heterocycles. The Labute approximate surface area is 166 Å². The van der Waals surface area contributed by atoms with Crippen LogP contribution in [0.4, 0.5) is 0 Å². The van der Waals surface area contributed by atoms with E-state index < -0.39 is 0 Å². The van der Waals surface area contributed by atoms with Gasteiger partial charge in [0.05, 0.1) is 12.2 Å². The third kappa shape index (κ3) is 4.52. The smallest absolute Gasteiger partial charge is 0.242 e. The Balaban J connectivity index is 1.52. The average molecular weight is 383 g/mol. The number of aliphatic imine (C=N–C) groups is 1. The number of fused-ring (bicyclic) bond motifs is 1. The standard InChI is InChI=1S/C21H29N5O2/c1-4-18-17(19(5-2)28-25-18)12-23-21(22-3)24-13-20(27)26-11-10-15-8-6-7-9-16(15)14-26/h6-9H,4-5,10-14H2,1-3H3,(H2,22,23,24). The third-order valence-corrected chi connectivity index (χ3v) is 5.15. The Morgan fingerprint density at radius 2 is 2.00 bits per heavy atom. The molecule has 2 N–H and O–H groups in total. The van der Waals surface area contributed by atoms with E-state index in [2.05, 4.69) is 45.9 Å². The number of nitrogens with one attached hydrogen (secondary N) is 2. The minimum atomic E-state index is 0.0749. The van der Waals surface area contributed by atoms with E-state index in [9.17, 15) is 4.79 Å². The summed E-state index contributed by atoms with van der Waals surface area (Å²) in [6.45, 7) is 6.32. The fraction of sp³-hybridized carbons (Fsp3) is 0.476. The zero-order chi connectivity index (χ0) is 19.9. The summed E-state index contributed by atoms with van der Waals surface area (Å²) in [7, 11) is 1.70. The molecule has 3 rings (SSSR count). The molecule has 7 heteroatoms. The molecule has 2 heterocycles. The highest BCUT2D eigenvalue weighted by molar-refractivity contribution is 5.86. The zero-order valence-corrected chi connectivity index (χ0v) is 16.9. The Hall–Kier alpha value is -2.83. The summed E-state index contributed by atoms with van der Waals surface area (Å²) in [5.74, 6) is 1.56. The fourth-order valence-corrected chi connectivity index (χ4v) is 3.51. The van der Waals surface area contributed by atoms with Crippen LogP contribution in [0.1, 0.15) is 42.0 Å². The molecule has 0 fully saturated rings. The molecule has 1 aromatic carbocycles. The molecule has 7 nitrogen and oxygen atoms in total. The first-order chi connectivity index (χ1) is 13.7. The molecule has 0 bridgehead atoms. The van der Waals surface area contributed by atoms with Gasteiger partial charge in [0.15, 0.2) is 5.96 Å². The van der Waals surface area contributed by atoms with Gasteiger partial charge in [0, 0.05) is 38.7 Å². The number of aryl methyl sites for hydroxylation is 2. The van der Waals surface area contributed by atoms with Crippen LogP contribution in [-0.4, -0.2) is 42.1 Å². The van der Waals surface area contributed by atoms with Gasteiger partial charge in [0.1, 0.15) is 5.76 Å². The number of nitrogens with zero attached hydrogens (tertiary/aromatic N) is 3. The molecular formula is C21H29N5O2. The number of carbonyl (C=O) groups is 1. The molecular weight excluding hydrogens is 354 g/mol. The lowest BCUT2D eigenvalue weighted by atomic mass is 10.00. The van der Waals surface area contributed by atoms with Crippen LogP contribution in [-0.2, 0) is 37.1 Å². The minimum Gasteiger partial charge on any atom is -0.361 e. The first-order valence-electron chi connectivity index (χ1n) is 9.91. The lowest BCUT2D eigenvalue weighted by molar-refractivity contribution is -0.130. The maximum absolute atomic E-state index is 12.6. The number of benzene rings is 1. The summed E-state index contributed by atoms with van der Waals surface area (Å²) in [4.78, 5) is 18.7. The largest absolute Gasteiger partial charge is 0.361 e. The van der Waals surface area contributed by atoms with E-state index in [0.29, 0.717) is 19.0 Å². The van der Waals surface area contributed by atoms with E-state index >= 15 is 0 Å². The molecule has 2 aromatic rings. The van der Waals surface area contributed by atoms with Crippen molar-refractivity contribution in [2.45, 2.75) is 46.2 Å². The van der Waals surface area contributed by atoms with Crippen molar-refractivity contribution in [1.29, 1.82) is 0 Å². The Bertz CT molecular complexity index is 822. The van der Waals surface area contributed by atoms with Crippen LogP contribution < -0.4 is 10.6 Å². The van der Waals surface area contributed by atoms with E-state index in [1.807, 2.05) is 17.9 Å². The lowest BCUT2D eigenvalue weighted by Gasteiger charge is -2.29. The molecule has 1 amide bonds. The van der Waals surface area contributed by atoms with Crippen molar-refractivity contribution < 1.29 is 9.32 Å². The SMILES string of the molecule is CCc1noc(CC)c1CNC(=NC)NCC(=O)N1CCc2ccccc2C1. The first kappa shape index (κ1) is 19.9. The second-order valence-electron chi connectivity index (χ2n) is 6.85. The van der Waals surface area contributed by atoms with Crippen LogP contribution in [0.2, 0.25) is 0 Å². The van der Waals surface area contributed by atoms with E-state index in [4.69, 9.17) is 4.52 Å². The third-order valence-electron chi connectivity index (χ3n) is 5.15. The molecule has 28 heavy (non-hydrogen) atoms. The van der Waals surface area contributed by atoms with Gasteiger partial charge < -0.3 is 20.1 Å². The van der Waals surface area contributed by atoms with Gasteiger partial charge in [-0.1, -0.05) is 43.3 Å². The Morgan fingerprint density at radius 3 is 2.71 bits per heavy atom. The number of carbonyl (C=O) groups excluding carboxylic acids is 1. The quantitative estimate of drug-likeness (QED) is 0.589. The number of aromatic nitrogens is 1. The van der Waals surface area contributed by atoms with Gasteiger partial charge in [-0.05, 0) is 24.0 Å². The van der Waals surface area contributed by atoms with Crippen molar-refractivity contribution in [3.63, 3.8) is 0 Å². The number of amides is 1. The van der Waals surface area contributed by atoms with E-state index in [1.165, 1.54) is 11.1 Å². The summed E-state index contributed by atoms with van der Waals surface area (Å²) in [5, 5.41) is 10.5. The van der Waals surface area contributed by atoms with Crippen LogP contribution in [0.25, 0.3) is 0 Å². The number of hydrogen-bond acceptors (Lipinski definition) is 4. The van der Waals surface area contributed by atoms with E-state index in [-0.39, 0.29) is 12.5 Å². The highest BCUT2D eigenvalue weighted by Gasteiger charge is 2.20. The lowest BCUT2D eigenvalue weighted by Crippen LogP contribution is -2.45. The zero-order valence-electron chi connectivity index (χ0n) is 16.9. The molecule has 0 saturated heterocycles. The van der Waals surface area contributed by atoms with Crippen LogP contribution in [0.3, 0.4) is 0 Å².